The van der Waals surface area contributed by atoms with E-state index in [1.807, 2.05) is 0 Å². The maximum Gasteiger partial charge on any atom is 0.410 e. The molecule has 3 atom stereocenters. The average molecular weight is 379 g/mol. The summed E-state index contributed by atoms with van der Waals surface area (Å²) in [6.45, 7) is 6.25. The Hall–Kier alpha value is -0.900. The van der Waals surface area contributed by atoms with Gasteiger partial charge in [0.1, 0.15) is 5.60 Å². The molecule has 0 aromatic rings. The molecule has 146 valence electrons. The molecule has 0 saturated carbocycles. The van der Waals surface area contributed by atoms with Crippen LogP contribution in [0.25, 0.3) is 0 Å². The van der Waals surface area contributed by atoms with E-state index < -0.39 is 27.9 Å². The first-order valence-electron chi connectivity index (χ1n) is 8.64. The van der Waals surface area contributed by atoms with Gasteiger partial charge in [-0.05, 0) is 46.5 Å². The Bertz CT molecular complexity index is 551. The summed E-state index contributed by atoms with van der Waals surface area (Å²) >= 11 is 0. The molecule has 0 radical (unpaired) electrons. The second-order valence-electron chi connectivity index (χ2n) is 7.57. The summed E-state index contributed by atoms with van der Waals surface area (Å²) in [5, 5.41) is 0. The number of hydrogen-bond donors (Lipinski definition) is 0. The van der Waals surface area contributed by atoms with Gasteiger partial charge in [-0.1, -0.05) is 0 Å². The van der Waals surface area contributed by atoms with E-state index in [1.165, 1.54) is 4.90 Å². The van der Waals surface area contributed by atoms with Crippen LogP contribution < -0.4 is 0 Å². The molecule has 2 rings (SSSR count). The first-order chi connectivity index (χ1) is 11.5. The van der Waals surface area contributed by atoms with Gasteiger partial charge in [-0.15, -0.1) is 0 Å². The van der Waals surface area contributed by atoms with E-state index in [1.54, 1.807) is 20.8 Å². The highest BCUT2D eigenvalue weighted by atomic mass is 32.2. The molecule has 0 aromatic carbocycles. The molecule has 2 aliphatic rings. The van der Waals surface area contributed by atoms with E-state index in [2.05, 4.69) is 0 Å². The minimum atomic E-state index is -3.58. The minimum Gasteiger partial charge on any atom is -0.444 e. The number of nitrogens with zero attached hydrogens (tertiary/aromatic N) is 1. The van der Waals surface area contributed by atoms with Crippen molar-refractivity contribution in [2.24, 2.45) is 0 Å². The highest BCUT2D eigenvalue weighted by Gasteiger charge is 2.40. The van der Waals surface area contributed by atoms with Crippen molar-refractivity contribution < 1.29 is 31.6 Å². The number of hydrogen-bond acceptors (Lipinski definition) is 7. The van der Waals surface area contributed by atoms with Crippen LogP contribution in [-0.2, 0) is 28.5 Å². The molecule has 2 aliphatic heterocycles. The predicted molar refractivity (Wildman–Crippen MR) is 90.6 cm³/mol. The topological polar surface area (TPSA) is 91.4 Å². The fourth-order valence-electron chi connectivity index (χ4n) is 2.91. The normalized spacial score (nSPS) is 28.2. The van der Waals surface area contributed by atoms with E-state index in [0.29, 0.717) is 19.6 Å². The molecule has 0 N–H and O–H groups in total. The quantitative estimate of drug-likeness (QED) is 0.674. The number of carbonyl (C=O) groups excluding carboxylic acids is 1. The summed E-state index contributed by atoms with van der Waals surface area (Å²) in [6.07, 6.45) is 3.38. The lowest BCUT2D eigenvalue weighted by Gasteiger charge is -2.28. The van der Waals surface area contributed by atoms with Crippen LogP contribution in [0, 0.1) is 0 Å². The van der Waals surface area contributed by atoms with E-state index in [-0.39, 0.29) is 19.0 Å². The summed E-state index contributed by atoms with van der Waals surface area (Å²) in [7, 11) is -3.58. The van der Waals surface area contributed by atoms with Gasteiger partial charge in [0.15, 0.2) is 6.29 Å². The van der Waals surface area contributed by atoms with E-state index >= 15 is 0 Å². The van der Waals surface area contributed by atoms with Gasteiger partial charge in [0.05, 0.1) is 31.6 Å². The highest BCUT2D eigenvalue weighted by molar-refractivity contribution is 7.85. The Morgan fingerprint density at radius 2 is 2.00 bits per heavy atom. The lowest BCUT2D eigenvalue weighted by Crippen LogP contribution is -2.42. The maximum atomic E-state index is 12.4. The molecule has 2 unspecified atom stereocenters. The molecule has 2 saturated heterocycles. The Morgan fingerprint density at radius 3 is 2.56 bits per heavy atom. The maximum absolute atomic E-state index is 12.4. The fraction of sp³-hybridized carbons (Fsp3) is 0.938. The first-order valence-corrected chi connectivity index (χ1v) is 10.5. The first kappa shape index (κ1) is 20.4. The minimum absolute atomic E-state index is 0.108. The predicted octanol–water partition coefficient (Wildman–Crippen LogP) is 1.88. The fourth-order valence-corrected chi connectivity index (χ4v) is 3.31. The molecule has 25 heavy (non-hydrogen) atoms. The Labute approximate surface area is 149 Å². The lowest BCUT2D eigenvalue weighted by atomic mass is 10.2. The van der Waals surface area contributed by atoms with Crippen molar-refractivity contribution in [1.82, 2.24) is 4.90 Å². The Kier molecular flexibility index (Phi) is 6.69. The zero-order valence-electron chi connectivity index (χ0n) is 15.4. The van der Waals surface area contributed by atoms with Crippen LogP contribution in [0.1, 0.15) is 46.5 Å². The van der Waals surface area contributed by atoms with E-state index in [0.717, 1.165) is 25.5 Å². The molecule has 0 spiro atoms. The molecule has 0 aromatic heterocycles. The van der Waals surface area contributed by atoms with Crippen molar-refractivity contribution in [3.05, 3.63) is 0 Å². The molecule has 0 bridgehead atoms. The molecular weight excluding hydrogens is 350 g/mol. The summed E-state index contributed by atoms with van der Waals surface area (Å²) in [5.74, 6) is 0. The second-order valence-corrected chi connectivity index (χ2v) is 9.21. The van der Waals surface area contributed by atoms with Gasteiger partial charge >= 0.3 is 6.09 Å². The standard InChI is InChI=1S/C16H29NO7S/c1-16(2,3)24-15(18)17-10-13(23-14-7-5-6-8-21-14)9-12(17)11-22-25(4,19)20/h12-14H,5-11H2,1-4H3/t12-,13?,14?/m0/s1. The number of ether oxygens (including phenoxy) is 3. The molecule has 2 heterocycles. The van der Waals surface area contributed by atoms with Gasteiger partial charge in [0.2, 0.25) is 0 Å². The van der Waals surface area contributed by atoms with Gasteiger partial charge < -0.3 is 19.1 Å². The molecule has 0 aliphatic carbocycles. The number of rotatable bonds is 5. The molecular formula is C16H29NO7S. The number of likely N-dealkylation sites (tertiary alicyclic amines) is 1. The molecule has 8 nitrogen and oxygen atoms in total. The zero-order valence-corrected chi connectivity index (χ0v) is 16.2. The number of carbonyl (C=O) groups is 1. The smallest absolute Gasteiger partial charge is 0.410 e. The van der Waals surface area contributed by atoms with Gasteiger partial charge in [-0.2, -0.15) is 8.42 Å². The summed E-state index contributed by atoms with van der Waals surface area (Å²) in [6, 6.07) is -0.418. The zero-order chi connectivity index (χ0) is 18.7. The van der Waals surface area contributed by atoms with Crippen LogP contribution >= 0.6 is 0 Å². The van der Waals surface area contributed by atoms with Crippen LogP contribution in [-0.4, -0.2) is 69.5 Å². The highest BCUT2D eigenvalue weighted by Crippen LogP contribution is 2.26. The Balaban J connectivity index is 1.99. The average Bonchev–Trinajstić information content (AvgIpc) is 2.87. The van der Waals surface area contributed by atoms with Gasteiger partial charge in [0.25, 0.3) is 10.1 Å². The van der Waals surface area contributed by atoms with Crippen molar-refractivity contribution in [3.8, 4) is 0 Å². The van der Waals surface area contributed by atoms with Crippen LogP contribution in [0.5, 0.6) is 0 Å². The summed E-state index contributed by atoms with van der Waals surface area (Å²) in [5.41, 5.74) is -0.634. The largest absolute Gasteiger partial charge is 0.444 e. The van der Waals surface area contributed by atoms with Gasteiger partial charge in [0, 0.05) is 6.61 Å². The van der Waals surface area contributed by atoms with Crippen molar-refractivity contribution in [2.45, 2.75) is 70.5 Å². The second kappa shape index (κ2) is 8.20. The molecule has 1 amide bonds. The van der Waals surface area contributed by atoms with Crippen LogP contribution in [0.2, 0.25) is 0 Å². The van der Waals surface area contributed by atoms with Gasteiger partial charge in [-0.25, -0.2) is 4.79 Å². The van der Waals surface area contributed by atoms with E-state index in [4.69, 9.17) is 18.4 Å². The lowest BCUT2D eigenvalue weighted by molar-refractivity contribution is -0.185. The summed E-state index contributed by atoms with van der Waals surface area (Å²) in [4.78, 5) is 13.9. The van der Waals surface area contributed by atoms with Crippen LogP contribution in [0.4, 0.5) is 4.79 Å². The molecule has 2 fully saturated rings. The third-order valence-corrected chi connectivity index (χ3v) is 4.52. The van der Waals surface area contributed by atoms with Crippen LogP contribution in [0.15, 0.2) is 0 Å². The SMILES string of the molecule is CC(C)(C)OC(=O)N1CC(OC2CCCCO2)C[C@H]1COS(C)(=O)=O. The summed E-state index contributed by atoms with van der Waals surface area (Å²) < 4.78 is 44.4. The Morgan fingerprint density at radius 1 is 1.28 bits per heavy atom. The van der Waals surface area contributed by atoms with Crippen molar-refractivity contribution in [1.29, 1.82) is 0 Å². The monoisotopic (exact) mass is 379 g/mol. The van der Waals surface area contributed by atoms with Crippen LogP contribution in [0.3, 0.4) is 0 Å². The molecule has 9 heteroatoms. The van der Waals surface area contributed by atoms with Crippen molar-refractivity contribution in [2.75, 3.05) is 26.0 Å². The van der Waals surface area contributed by atoms with E-state index in [9.17, 15) is 13.2 Å². The third-order valence-electron chi connectivity index (χ3n) is 3.96. The number of amides is 1. The third kappa shape index (κ3) is 7.08. The van der Waals surface area contributed by atoms with Gasteiger partial charge in [-0.3, -0.25) is 4.18 Å². The van der Waals surface area contributed by atoms with Crippen molar-refractivity contribution in [3.63, 3.8) is 0 Å². The van der Waals surface area contributed by atoms with Crippen molar-refractivity contribution >= 4 is 16.2 Å².